The molecule has 3 heterocycles. The minimum Gasteiger partial charge on any atom is -0.261 e. The standard InChI is InChI=1S/C11H15F.C10H14FN.2C10H13F.C10H12N2.C9H12FN/c1-7(2)11-9(4)5-8(3)6-10(11)12;1-6(2)10-8(4)12-7(3)5-9(10)11;2*1-7(2)9-5-4-8(3)6-10(9)11;1-7(2)10-6-12-8(3)4-9(10)5-11;1-6(2)8-5-4-7(3)11-9(8)10/h5-7H,1-4H3;5-6H,1-4H3;2*4-7H,1-3H3;4,6-7H,1-3H3;4-6H,1-3H3. The van der Waals surface area contributed by atoms with Gasteiger partial charge in [-0.15, -0.1) is 0 Å². The minimum atomic E-state index is -0.333. The van der Waals surface area contributed by atoms with Gasteiger partial charge in [0.2, 0.25) is 5.95 Å². The highest BCUT2D eigenvalue weighted by Gasteiger charge is 2.13. The number of halogens is 5. The summed E-state index contributed by atoms with van der Waals surface area (Å²) in [5.74, 6) is 0.906. The lowest BCUT2D eigenvalue weighted by Crippen LogP contribution is -2.01. The molecule has 0 radical (unpaired) electrons. The predicted octanol–water partition coefficient (Wildman–Crippen LogP) is 18.1. The maximum Gasteiger partial charge on any atom is 0.216 e. The number of pyridine rings is 3. The summed E-state index contributed by atoms with van der Waals surface area (Å²) < 4.78 is 65.9. The number of hydrogen-bond acceptors (Lipinski definition) is 4. The molecule has 0 saturated heterocycles. The summed E-state index contributed by atoms with van der Waals surface area (Å²) in [6.45, 7) is 39.0. The van der Waals surface area contributed by atoms with Crippen LogP contribution >= 0.6 is 0 Å². The van der Waals surface area contributed by atoms with Crippen molar-refractivity contribution in [2.45, 2.75) is 174 Å². The van der Waals surface area contributed by atoms with E-state index in [1.165, 1.54) is 6.07 Å². The molecule has 6 aromatic rings. The third kappa shape index (κ3) is 20.8. The molecule has 9 heteroatoms. The van der Waals surface area contributed by atoms with Gasteiger partial charge in [-0.2, -0.15) is 9.65 Å². The molecule has 0 amide bonds. The number of benzene rings is 3. The van der Waals surface area contributed by atoms with Crippen LogP contribution in [0.1, 0.15) is 203 Å². The molecule has 0 aliphatic heterocycles. The third-order valence-corrected chi connectivity index (χ3v) is 11.0. The molecule has 0 bridgehead atoms. The van der Waals surface area contributed by atoms with Gasteiger partial charge in [-0.05, 0) is 172 Å². The second kappa shape index (κ2) is 29.3. The summed E-state index contributed by atoms with van der Waals surface area (Å²) in [4.78, 5) is 12.1. The van der Waals surface area contributed by atoms with Gasteiger partial charge in [-0.25, -0.2) is 22.5 Å². The third-order valence-electron chi connectivity index (χ3n) is 11.0. The van der Waals surface area contributed by atoms with Crippen LogP contribution < -0.4 is 0 Å². The van der Waals surface area contributed by atoms with Gasteiger partial charge in [0.05, 0.1) is 11.6 Å². The zero-order valence-corrected chi connectivity index (χ0v) is 45.1. The topological polar surface area (TPSA) is 62.5 Å². The quantitative estimate of drug-likeness (QED) is 0.123. The molecule has 0 atom stereocenters. The molecule has 3 aromatic carbocycles. The second-order valence-corrected chi connectivity index (χ2v) is 19.6. The Morgan fingerprint density at radius 3 is 1.22 bits per heavy atom. The Bertz CT molecular complexity index is 2350. The van der Waals surface area contributed by atoms with E-state index in [9.17, 15) is 22.0 Å². The fraction of sp³-hybridized carbons (Fsp3) is 0.433. The molecular weight excluding hydrogens is 872 g/mol. The normalized spacial score (nSPS) is 10.6. The first kappa shape index (κ1) is 61.3. The Balaban J connectivity index is 0.000000414. The molecule has 3 aromatic heterocycles. The van der Waals surface area contributed by atoms with E-state index in [1.807, 2.05) is 153 Å². The molecule has 0 unspecified atom stereocenters. The Morgan fingerprint density at radius 1 is 0.406 bits per heavy atom. The van der Waals surface area contributed by atoms with E-state index in [0.717, 1.165) is 78.4 Å². The van der Waals surface area contributed by atoms with Gasteiger partial charge in [0.25, 0.3) is 0 Å². The van der Waals surface area contributed by atoms with Crippen LogP contribution in [-0.2, 0) is 0 Å². The van der Waals surface area contributed by atoms with Crippen molar-refractivity contribution in [3.05, 3.63) is 192 Å². The van der Waals surface area contributed by atoms with Crippen LogP contribution in [-0.4, -0.2) is 15.0 Å². The summed E-state index contributed by atoms with van der Waals surface area (Å²) in [6, 6.07) is 23.5. The summed E-state index contributed by atoms with van der Waals surface area (Å²) in [5.41, 5.74) is 12.8. The smallest absolute Gasteiger partial charge is 0.216 e. The van der Waals surface area contributed by atoms with Crippen LogP contribution in [0.25, 0.3) is 0 Å². The highest BCUT2D eigenvalue weighted by molar-refractivity contribution is 5.39. The van der Waals surface area contributed by atoms with E-state index in [-0.39, 0.29) is 58.8 Å². The SMILES string of the molecule is Cc1cc(C#N)c(C(C)C)cn1.Cc1cc(C)c(C(C)C)c(F)c1.Cc1cc(F)c(C(C)C)c(C)n1.Cc1ccc(C(C)C)c(F)c1.Cc1ccc(C(C)C)c(F)c1.Cc1ccc(C(C)C)c(F)n1. The number of nitrogens with zero attached hydrogens (tertiary/aromatic N) is 4. The van der Waals surface area contributed by atoms with Crippen LogP contribution in [0.5, 0.6) is 0 Å². The van der Waals surface area contributed by atoms with Crippen molar-refractivity contribution in [2.24, 2.45) is 0 Å². The van der Waals surface area contributed by atoms with E-state index in [0.29, 0.717) is 11.5 Å². The predicted molar refractivity (Wildman–Crippen MR) is 279 cm³/mol. The van der Waals surface area contributed by atoms with E-state index in [4.69, 9.17) is 5.26 Å². The maximum absolute atomic E-state index is 13.4. The number of aromatic nitrogens is 3. The van der Waals surface area contributed by atoms with Crippen molar-refractivity contribution in [1.29, 1.82) is 5.26 Å². The zero-order valence-electron chi connectivity index (χ0n) is 45.1. The molecular formula is C60H79F5N4. The first-order valence-corrected chi connectivity index (χ1v) is 23.9. The van der Waals surface area contributed by atoms with E-state index >= 15 is 0 Å². The Labute approximate surface area is 412 Å². The average Bonchev–Trinajstić information content (AvgIpc) is 3.20. The molecule has 0 spiro atoms. The largest absolute Gasteiger partial charge is 0.261 e. The molecule has 374 valence electrons. The average molecular weight is 951 g/mol. The van der Waals surface area contributed by atoms with Crippen LogP contribution in [0.15, 0.2) is 79.0 Å². The highest BCUT2D eigenvalue weighted by Crippen LogP contribution is 2.25. The number of hydrogen-bond donors (Lipinski definition) is 0. The van der Waals surface area contributed by atoms with Crippen molar-refractivity contribution in [3.63, 3.8) is 0 Å². The Hall–Kier alpha value is -5.75. The van der Waals surface area contributed by atoms with Crippen LogP contribution in [0.3, 0.4) is 0 Å². The van der Waals surface area contributed by atoms with Crippen molar-refractivity contribution in [3.8, 4) is 6.07 Å². The number of aryl methyl sites for hydroxylation is 8. The fourth-order valence-corrected chi connectivity index (χ4v) is 7.44. The summed E-state index contributed by atoms with van der Waals surface area (Å²) in [7, 11) is 0. The number of nitriles is 1. The van der Waals surface area contributed by atoms with E-state index in [2.05, 4.69) is 34.9 Å². The van der Waals surface area contributed by atoms with Crippen LogP contribution in [0.2, 0.25) is 0 Å². The molecule has 0 N–H and O–H groups in total. The van der Waals surface area contributed by atoms with Gasteiger partial charge in [0, 0.05) is 40.1 Å². The van der Waals surface area contributed by atoms with Gasteiger partial charge in [-0.1, -0.05) is 119 Å². The maximum atomic E-state index is 13.4. The van der Waals surface area contributed by atoms with Gasteiger partial charge < -0.3 is 0 Å². The minimum absolute atomic E-state index is 0.0671. The molecule has 69 heavy (non-hydrogen) atoms. The molecule has 0 aliphatic carbocycles. The first-order valence-electron chi connectivity index (χ1n) is 23.9. The van der Waals surface area contributed by atoms with Gasteiger partial charge >= 0.3 is 0 Å². The first-order chi connectivity index (χ1) is 32.0. The fourth-order valence-electron chi connectivity index (χ4n) is 7.44. The van der Waals surface area contributed by atoms with Crippen molar-refractivity contribution >= 4 is 0 Å². The van der Waals surface area contributed by atoms with Crippen LogP contribution in [0, 0.1) is 95.9 Å². The van der Waals surface area contributed by atoms with Gasteiger partial charge in [-0.3, -0.25) is 9.97 Å². The zero-order chi connectivity index (χ0) is 53.0. The van der Waals surface area contributed by atoms with Gasteiger partial charge in [0.1, 0.15) is 23.3 Å². The summed E-state index contributed by atoms with van der Waals surface area (Å²) in [6.07, 6.45) is 1.79. The molecule has 0 saturated carbocycles. The molecule has 0 aliphatic rings. The van der Waals surface area contributed by atoms with Crippen LogP contribution in [0.4, 0.5) is 22.0 Å². The summed E-state index contributed by atoms with van der Waals surface area (Å²) >= 11 is 0. The molecule has 0 fully saturated rings. The van der Waals surface area contributed by atoms with Crippen molar-refractivity contribution < 1.29 is 22.0 Å². The monoisotopic (exact) mass is 951 g/mol. The summed E-state index contributed by atoms with van der Waals surface area (Å²) in [5, 5.41) is 8.81. The van der Waals surface area contributed by atoms with Crippen molar-refractivity contribution in [2.75, 3.05) is 0 Å². The lowest BCUT2D eigenvalue weighted by atomic mass is 9.96. The lowest BCUT2D eigenvalue weighted by molar-refractivity contribution is 0.553. The Morgan fingerprint density at radius 2 is 0.841 bits per heavy atom. The Kier molecular flexibility index (Phi) is 26.0. The van der Waals surface area contributed by atoms with E-state index in [1.54, 1.807) is 44.3 Å². The van der Waals surface area contributed by atoms with Crippen molar-refractivity contribution in [1.82, 2.24) is 15.0 Å². The van der Waals surface area contributed by atoms with E-state index < -0.39 is 0 Å². The number of rotatable bonds is 6. The highest BCUT2D eigenvalue weighted by atomic mass is 19.1. The molecule has 6 rings (SSSR count). The lowest BCUT2D eigenvalue weighted by Gasteiger charge is -2.11. The molecule has 4 nitrogen and oxygen atoms in total. The second-order valence-electron chi connectivity index (χ2n) is 19.6. The van der Waals surface area contributed by atoms with Gasteiger partial charge in [0.15, 0.2) is 0 Å².